The Bertz CT molecular complexity index is 2880. The Labute approximate surface area is 303 Å². The molecule has 0 unspecified atom stereocenters. The second-order valence-corrected chi connectivity index (χ2v) is 13.4. The maximum Gasteiger partial charge on any atom is 0.0561 e. The van der Waals surface area contributed by atoms with Gasteiger partial charge in [-0.1, -0.05) is 146 Å². The molecule has 52 heavy (non-hydrogen) atoms. The molecular weight excluding hydrogens is 629 g/mol. The Kier molecular flexibility index (Phi) is 7.18. The van der Waals surface area contributed by atoms with Gasteiger partial charge in [0.05, 0.1) is 11.0 Å². The molecule has 0 amide bonds. The number of rotatable bonds is 6. The van der Waals surface area contributed by atoms with Crippen molar-refractivity contribution in [3.05, 3.63) is 206 Å². The summed E-state index contributed by atoms with van der Waals surface area (Å²) in [7, 11) is 0. The Hall–Kier alpha value is -6.90. The number of benzene rings is 9. The zero-order valence-corrected chi connectivity index (χ0v) is 28.5. The fraction of sp³-hybridized carbons (Fsp3) is 0. The van der Waals surface area contributed by atoms with Gasteiger partial charge in [0, 0.05) is 33.5 Å². The van der Waals surface area contributed by atoms with E-state index in [1.165, 1.54) is 65.6 Å². The predicted octanol–water partition coefficient (Wildman–Crippen LogP) is 13.9. The fourth-order valence-corrected chi connectivity index (χ4v) is 7.84. The van der Waals surface area contributed by atoms with Crippen LogP contribution in [0.5, 0.6) is 0 Å². The quantitative estimate of drug-likeness (QED) is 0.172. The largest absolute Gasteiger partial charge is 0.310 e. The number of fused-ring (bicyclic) bond motifs is 5. The van der Waals surface area contributed by atoms with Crippen LogP contribution in [0.3, 0.4) is 0 Å². The van der Waals surface area contributed by atoms with Crippen molar-refractivity contribution >= 4 is 60.4 Å². The van der Waals surface area contributed by atoms with Crippen molar-refractivity contribution < 1.29 is 0 Å². The monoisotopic (exact) mass is 662 g/mol. The third kappa shape index (κ3) is 5.12. The topological polar surface area (TPSA) is 8.17 Å². The summed E-state index contributed by atoms with van der Waals surface area (Å²) in [5.41, 5.74) is 11.7. The van der Waals surface area contributed by atoms with Crippen molar-refractivity contribution in [3.8, 4) is 27.9 Å². The van der Waals surface area contributed by atoms with Crippen LogP contribution in [-0.4, -0.2) is 4.57 Å². The minimum atomic E-state index is 1.10. The molecule has 0 fully saturated rings. The Morgan fingerprint density at radius 3 is 1.67 bits per heavy atom. The average molecular weight is 663 g/mol. The van der Waals surface area contributed by atoms with Crippen LogP contribution in [0.1, 0.15) is 0 Å². The van der Waals surface area contributed by atoms with Gasteiger partial charge in [0.25, 0.3) is 0 Å². The van der Waals surface area contributed by atoms with E-state index >= 15 is 0 Å². The summed E-state index contributed by atoms with van der Waals surface area (Å²) in [6.07, 6.45) is 0. The highest BCUT2D eigenvalue weighted by atomic mass is 15.1. The van der Waals surface area contributed by atoms with Crippen LogP contribution in [0.2, 0.25) is 0 Å². The zero-order valence-electron chi connectivity index (χ0n) is 28.5. The lowest BCUT2D eigenvalue weighted by Crippen LogP contribution is -2.10. The van der Waals surface area contributed by atoms with E-state index in [9.17, 15) is 0 Å². The van der Waals surface area contributed by atoms with Crippen molar-refractivity contribution in [2.45, 2.75) is 0 Å². The summed E-state index contributed by atoms with van der Waals surface area (Å²) in [6.45, 7) is 0. The van der Waals surface area contributed by atoms with Crippen molar-refractivity contribution in [3.63, 3.8) is 0 Å². The number of hydrogen-bond donors (Lipinski definition) is 0. The molecule has 0 spiro atoms. The minimum Gasteiger partial charge on any atom is -0.310 e. The molecule has 10 aromatic rings. The minimum absolute atomic E-state index is 1.10. The number of para-hydroxylation sites is 2. The van der Waals surface area contributed by atoms with Gasteiger partial charge in [-0.2, -0.15) is 0 Å². The van der Waals surface area contributed by atoms with E-state index in [1.54, 1.807) is 0 Å². The molecule has 2 heteroatoms. The summed E-state index contributed by atoms with van der Waals surface area (Å²) in [4.78, 5) is 2.38. The summed E-state index contributed by atoms with van der Waals surface area (Å²) in [5, 5.41) is 7.50. The molecule has 0 N–H and O–H groups in total. The van der Waals surface area contributed by atoms with E-state index in [-0.39, 0.29) is 0 Å². The summed E-state index contributed by atoms with van der Waals surface area (Å²) < 4.78 is 2.39. The molecule has 0 aliphatic rings. The zero-order chi connectivity index (χ0) is 34.4. The number of hydrogen-bond acceptors (Lipinski definition) is 1. The van der Waals surface area contributed by atoms with E-state index < -0.39 is 0 Å². The molecule has 2 nitrogen and oxygen atoms in total. The Morgan fingerprint density at radius 1 is 0.308 bits per heavy atom. The van der Waals surface area contributed by atoms with Crippen LogP contribution >= 0.6 is 0 Å². The van der Waals surface area contributed by atoms with Crippen LogP contribution < -0.4 is 4.90 Å². The molecule has 0 bridgehead atoms. The highest BCUT2D eigenvalue weighted by molar-refractivity contribution is 6.10. The molecule has 0 radical (unpaired) electrons. The fourth-order valence-electron chi connectivity index (χ4n) is 7.84. The Balaban J connectivity index is 1.13. The molecule has 0 atom stereocenters. The van der Waals surface area contributed by atoms with Crippen molar-refractivity contribution in [2.75, 3.05) is 4.90 Å². The lowest BCUT2D eigenvalue weighted by atomic mass is 9.98. The van der Waals surface area contributed by atoms with Gasteiger partial charge in [-0.15, -0.1) is 0 Å². The molecule has 9 aromatic carbocycles. The van der Waals surface area contributed by atoms with E-state index in [2.05, 4.69) is 216 Å². The van der Waals surface area contributed by atoms with Crippen molar-refractivity contribution in [2.24, 2.45) is 0 Å². The normalized spacial score (nSPS) is 11.5. The molecule has 1 aromatic heterocycles. The van der Waals surface area contributed by atoms with Gasteiger partial charge in [0.1, 0.15) is 0 Å². The lowest BCUT2D eigenvalue weighted by molar-refractivity contribution is 1.18. The first kappa shape index (κ1) is 30.0. The number of aromatic nitrogens is 1. The van der Waals surface area contributed by atoms with Gasteiger partial charge in [0.15, 0.2) is 0 Å². The van der Waals surface area contributed by atoms with Crippen LogP contribution in [0, 0.1) is 0 Å². The van der Waals surface area contributed by atoms with Crippen LogP contribution in [0.4, 0.5) is 17.1 Å². The van der Waals surface area contributed by atoms with E-state index in [4.69, 9.17) is 0 Å². The van der Waals surface area contributed by atoms with E-state index in [0.29, 0.717) is 0 Å². The Morgan fingerprint density at radius 2 is 0.885 bits per heavy atom. The van der Waals surface area contributed by atoms with Gasteiger partial charge >= 0.3 is 0 Å². The van der Waals surface area contributed by atoms with Crippen LogP contribution in [0.15, 0.2) is 206 Å². The van der Waals surface area contributed by atoms with Crippen LogP contribution in [-0.2, 0) is 0 Å². The standard InChI is InChI=1S/C50H34N2/c1-2-15-41(16-3-1)52-49-20-9-8-18-47(49)48-32-31-44(34-50(48)52)51(42-27-23-36(24-28-42)40-22-21-35-11-4-5-13-39(35)33-40)43-29-25-38(26-30-43)46-19-10-14-37-12-6-7-17-45(37)46/h1-34H. The van der Waals surface area contributed by atoms with Gasteiger partial charge < -0.3 is 9.47 Å². The molecule has 0 saturated heterocycles. The third-order valence-electron chi connectivity index (χ3n) is 10.4. The van der Waals surface area contributed by atoms with Gasteiger partial charge in [-0.3, -0.25) is 0 Å². The summed E-state index contributed by atoms with van der Waals surface area (Å²) in [5.74, 6) is 0. The molecule has 0 aliphatic carbocycles. The average Bonchev–Trinajstić information content (AvgIpc) is 3.55. The highest BCUT2D eigenvalue weighted by Crippen LogP contribution is 2.41. The maximum absolute atomic E-state index is 2.39. The molecule has 10 rings (SSSR count). The number of nitrogens with zero attached hydrogens (tertiary/aromatic N) is 2. The van der Waals surface area contributed by atoms with Crippen LogP contribution in [0.25, 0.3) is 71.3 Å². The van der Waals surface area contributed by atoms with E-state index in [1.807, 2.05) is 0 Å². The van der Waals surface area contributed by atoms with E-state index in [0.717, 1.165) is 22.7 Å². The second kappa shape index (κ2) is 12.5. The smallest absolute Gasteiger partial charge is 0.0561 e. The van der Waals surface area contributed by atoms with Crippen molar-refractivity contribution in [1.82, 2.24) is 4.57 Å². The van der Waals surface area contributed by atoms with Crippen molar-refractivity contribution in [1.29, 1.82) is 0 Å². The van der Waals surface area contributed by atoms with Gasteiger partial charge in [-0.25, -0.2) is 0 Å². The molecule has 1 heterocycles. The predicted molar refractivity (Wildman–Crippen MR) is 221 cm³/mol. The highest BCUT2D eigenvalue weighted by Gasteiger charge is 2.18. The van der Waals surface area contributed by atoms with Gasteiger partial charge in [-0.05, 0) is 104 Å². The molecular formula is C50H34N2. The van der Waals surface area contributed by atoms with Gasteiger partial charge in [0.2, 0.25) is 0 Å². The SMILES string of the molecule is c1ccc(-n2c3ccccc3c3ccc(N(c4ccc(-c5ccc6ccccc6c5)cc4)c4ccc(-c5cccc6ccccc56)cc4)cc32)cc1. The molecule has 244 valence electrons. The third-order valence-corrected chi connectivity index (χ3v) is 10.4. The first-order valence-corrected chi connectivity index (χ1v) is 17.8. The lowest BCUT2D eigenvalue weighted by Gasteiger charge is -2.26. The first-order chi connectivity index (χ1) is 25.8. The molecule has 0 saturated carbocycles. The second-order valence-electron chi connectivity index (χ2n) is 13.4. The summed E-state index contributed by atoms with van der Waals surface area (Å²) in [6, 6.07) is 74.7. The first-order valence-electron chi connectivity index (χ1n) is 17.8. The summed E-state index contributed by atoms with van der Waals surface area (Å²) >= 11 is 0. The molecule has 0 aliphatic heterocycles. The maximum atomic E-state index is 2.39. The number of anilines is 3.